The first-order valence-electron chi connectivity index (χ1n) is 3.42. The minimum absolute atomic E-state index is 0.0425. The standard InChI is InChI=1S/C7H14O3/c1-3-7(2,10)5-4-6(8)9/h10H,3-5H2,1-2H3,(H,8,9)/t7-/m1/s1. The Bertz CT molecular complexity index is 118. The molecule has 0 aliphatic heterocycles. The predicted molar refractivity (Wildman–Crippen MR) is 37.8 cm³/mol. The van der Waals surface area contributed by atoms with Crippen molar-refractivity contribution in [2.24, 2.45) is 0 Å². The SMILES string of the molecule is CC[C@@](C)(O)CCC(=O)O. The molecular weight excluding hydrogens is 132 g/mol. The lowest BCUT2D eigenvalue weighted by Gasteiger charge is -2.19. The molecule has 0 aliphatic carbocycles. The van der Waals surface area contributed by atoms with Crippen LogP contribution in [0.1, 0.15) is 33.1 Å². The van der Waals surface area contributed by atoms with Crippen LogP contribution in [0.2, 0.25) is 0 Å². The summed E-state index contributed by atoms with van der Waals surface area (Å²) in [5, 5.41) is 17.6. The number of aliphatic carboxylic acids is 1. The summed E-state index contributed by atoms with van der Waals surface area (Å²) in [6.07, 6.45) is 0.972. The van der Waals surface area contributed by atoms with Crippen molar-refractivity contribution in [3.8, 4) is 0 Å². The summed E-state index contributed by atoms with van der Waals surface area (Å²) in [5.41, 5.74) is -0.807. The topological polar surface area (TPSA) is 57.5 Å². The number of rotatable bonds is 4. The fraction of sp³-hybridized carbons (Fsp3) is 0.857. The Balaban J connectivity index is 3.56. The van der Waals surface area contributed by atoms with Crippen LogP contribution in [0, 0.1) is 0 Å². The van der Waals surface area contributed by atoms with Gasteiger partial charge in [-0.25, -0.2) is 0 Å². The van der Waals surface area contributed by atoms with E-state index in [1.807, 2.05) is 6.92 Å². The van der Waals surface area contributed by atoms with Crippen molar-refractivity contribution < 1.29 is 15.0 Å². The van der Waals surface area contributed by atoms with E-state index in [-0.39, 0.29) is 6.42 Å². The molecule has 0 radical (unpaired) electrons. The molecule has 0 bridgehead atoms. The molecule has 60 valence electrons. The highest BCUT2D eigenvalue weighted by molar-refractivity contribution is 5.66. The maximum Gasteiger partial charge on any atom is 0.303 e. The molecule has 0 heterocycles. The third kappa shape index (κ3) is 4.32. The lowest BCUT2D eigenvalue weighted by Crippen LogP contribution is -2.23. The minimum Gasteiger partial charge on any atom is -0.481 e. The van der Waals surface area contributed by atoms with E-state index in [2.05, 4.69) is 0 Å². The Morgan fingerprint density at radius 1 is 1.60 bits per heavy atom. The van der Waals surface area contributed by atoms with Crippen LogP contribution in [0.15, 0.2) is 0 Å². The van der Waals surface area contributed by atoms with Crippen molar-refractivity contribution in [3.63, 3.8) is 0 Å². The molecule has 10 heavy (non-hydrogen) atoms. The average Bonchev–Trinajstić information content (AvgIpc) is 1.85. The van der Waals surface area contributed by atoms with Gasteiger partial charge in [0.2, 0.25) is 0 Å². The largest absolute Gasteiger partial charge is 0.481 e. The number of aliphatic hydroxyl groups is 1. The third-order valence-corrected chi connectivity index (χ3v) is 1.64. The smallest absolute Gasteiger partial charge is 0.303 e. The highest BCUT2D eigenvalue weighted by Gasteiger charge is 2.18. The van der Waals surface area contributed by atoms with Gasteiger partial charge in [0, 0.05) is 6.42 Å². The molecule has 0 unspecified atom stereocenters. The van der Waals surface area contributed by atoms with Crippen LogP contribution in [-0.4, -0.2) is 21.8 Å². The van der Waals surface area contributed by atoms with Crippen molar-refractivity contribution in [2.75, 3.05) is 0 Å². The van der Waals surface area contributed by atoms with Gasteiger partial charge in [-0.3, -0.25) is 4.79 Å². The fourth-order valence-corrected chi connectivity index (χ4v) is 0.553. The van der Waals surface area contributed by atoms with E-state index in [9.17, 15) is 9.90 Å². The summed E-state index contributed by atoms with van der Waals surface area (Å²) >= 11 is 0. The molecule has 0 fully saturated rings. The van der Waals surface area contributed by atoms with Gasteiger partial charge >= 0.3 is 5.97 Å². The lowest BCUT2D eigenvalue weighted by atomic mass is 9.97. The highest BCUT2D eigenvalue weighted by atomic mass is 16.4. The molecule has 0 aromatic rings. The van der Waals surface area contributed by atoms with Crippen LogP contribution in [-0.2, 0) is 4.79 Å². The molecule has 0 spiro atoms. The summed E-state index contributed by atoms with van der Waals surface area (Å²) in [6.45, 7) is 3.48. The molecule has 3 nitrogen and oxygen atoms in total. The Morgan fingerprint density at radius 2 is 2.10 bits per heavy atom. The molecule has 0 aromatic carbocycles. The summed E-state index contributed by atoms with van der Waals surface area (Å²) in [5.74, 6) is -0.853. The second kappa shape index (κ2) is 3.56. The second-order valence-electron chi connectivity index (χ2n) is 2.74. The van der Waals surface area contributed by atoms with Crippen LogP contribution in [0.5, 0.6) is 0 Å². The molecule has 0 aliphatic rings. The van der Waals surface area contributed by atoms with E-state index in [0.29, 0.717) is 12.8 Å². The molecule has 3 heteroatoms. The Hall–Kier alpha value is -0.570. The van der Waals surface area contributed by atoms with Crippen LogP contribution in [0.25, 0.3) is 0 Å². The zero-order chi connectivity index (χ0) is 8.20. The first kappa shape index (κ1) is 9.43. The van der Waals surface area contributed by atoms with Crippen LogP contribution in [0.3, 0.4) is 0 Å². The number of hydrogen-bond donors (Lipinski definition) is 2. The van der Waals surface area contributed by atoms with Gasteiger partial charge < -0.3 is 10.2 Å². The normalized spacial score (nSPS) is 16.3. The van der Waals surface area contributed by atoms with Gasteiger partial charge in [-0.1, -0.05) is 6.92 Å². The minimum atomic E-state index is -0.853. The molecule has 2 N–H and O–H groups in total. The van der Waals surface area contributed by atoms with E-state index in [1.165, 1.54) is 0 Å². The number of hydrogen-bond acceptors (Lipinski definition) is 2. The molecule has 0 saturated heterocycles. The van der Waals surface area contributed by atoms with Crippen LogP contribution < -0.4 is 0 Å². The van der Waals surface area contributed by atoms with Gasteiger partial charge in [0.15, 0.2) is 0 Å². The Kier molecular flexibility index (Phi) is 3.36. The molecule has 0 saturated carbocycles. The van der Waals surface area contributed by atoms with Gasteiger partial charge in [-0.05, 0) is 19.8 Å². The summed E-state index contributed by atoms with van der Waals surface area (Å²) in [7, 11) is 0. The van der Waals surface area contributed by atoms with Crippen LogP contribution in [0.4, 0.5) is 0 Å². The second-order valence-corrected chi connectivity index (χ2v) is 2.74. The van der Waals surface area contributed by atoms with Crippen molar-refractivity contribution in [1.29, 1.82) is 0 Å². The zero-order valence-electron chi connectivity index (χ0n) is 6.42. The van der Waals surface area contributed by atoms with Crippen LogP contribution >= 0.6 is 0 Å². The Morgan fingerprint density at radius 3 is 2.40 bits per heavy atom. The first-order chi connectivity index (χ1) is 4.48. The monoisotopic (exact) mass is 146 g/mol. The van der Waals surface area contributed by atoms with Crippen molar-refractivity contribution >= 4 is 5.97 Å². The van der Waals surface area contributed by atoms with E-state index >= 15 is 0 Å². The fourth-order valence-electron chi connectivity index (χ4n) is 0.553. The van der Waals surface area contributed by atoms with Crippen molar-refractivity contribution in [2.45, 2.75) is 38.7 Å². The van der Waals surface area contributed by atoms with Gasteiger partial charge in [-0.2, -0.15) is 0 Å². The van der Waals surface area contributed by atoms with Gasteiger partial charge in [0.25, 0.3) is 0 Å². The maximum absolute atomic E-state index is 10.1. The number of carbonyl (C=O) groups is 1. The van der Waals surface area contributed by atoms with Crippen molar-refractivity contribution in [3.05, 3.63) is 0 Å². The quantitative estimate of drug-likeness (QED) is 0.622. The highest BCUT2D eigenvalue weighted by Crippen LogP contribution is 2.15. The molecule has 1 atom stereocenters. The van der Waals surface area contributed by atoms with Gasteiger partial charge in [0.1, 0.15) is 0 Å². The predicted octanol–water partition coefficient (Wildman–Crippen LogP) is 1.01. The van der Waals surface area contributed by atoms with E-state index < -0.39 is 11.6 Å². The van der Waals surface area contributed by atoms with Gasteiger partial charge in [-0.15, -0.1) is 0 Å². The third-order valence-electron chi connectivity index (χ3n) is 1.64. The maximum atomic E-state index is 10.1. The van der Waals surface area contributed by atoms with E-state index in [4.69, 9.17) is 5.11 Å². The molecule has 0 rings (SSSR count). The Labute approximate surface area is 60.7 Å². The molecule has 0 aromatic heterocycles. The van der Waals surface area contributed by atoms with E-state index in [1.54, 1.807) is 6.92 Å². The summed E-state index contributed by atoms with van der Waals surface area (Å²) in [6, 6.07) is 0. The average molecular weight is 146 g/mol. The number of carboxylic acid groups (broad SMARTS) is 1. The lowest BCUT2D eigenvalue weighted by molar-refractivity contribution is -0.138. The van der Waals surface area contributed by atoms with Crippen molar-refractivity contribution in [1.82, 2.24) is 0 Å². The van der Waals surface area contributed by atoms with E-state index in [0.717, 1.165) is 0 Å². The van der Waals surface area contributed by atoms with Gasteiger partial charge in [0.05, 0.1) is 5.60 Å². The number of carboxylic acids is 1. The summed E-state index contributed by atoms with van der Waals surface area (Å²) in [4.78, 5) is 10.1. The molecular formula is C7H14O3. The zero-order valence-corrected chi connectivity index (χ0v) is 6.42. The first-order valence-corrected chi connectivity index (χ1v) is 3.42. The summed E-state index contributed by atoms with van der Waals surface area (Å²) < 4.78 is 0. The molecule has 0 amide bonds.